The van der Waals surface area contributed by atoms with Crippen LogP contribution in [-0.2, 0) is 20.7 Å². The number of piperidine rings is 1. The van der Waals surface area contributed by atoms with Gasteiger partial charge in [0.1, 0.15) is 11.4 Å². The second-order valence-electron chi connectivity index (χ2n) is 9.12. The number of nitrogens with one attached hydrogen (secondary N) is 2. The van der Waals surface area contributed by atoms with Gasteiger partial charge in [0.15, 0.2) is 0 Å². The van der Waals surface area contributed by atoms with Crippen LogP contribution in [0.25, 0.3) is 0 Å². The van der Waals surface area contributed by atoms with Crippen molar-refractivity contribution >= 4 is 17.9 Å². The first-order valence-corrected chi connectivity index (χ1v) is 11.3. The van der Waals surface area contributed by atoms with E-state index in [1.807, 2.05) is 29.2 Å². The SMILES string of the molecule is COc1ccccc1CCC(=O)N1CCC(CNC(=O)CCNC(=O)OC(C)(C)C)CC1. The molecule has 1 heterocycles. The molecule has 178 valence electrons. The van der Waals surface area contributed by atoms with Gasteiger partial charge in [-0.3, -0.25) is 9.59 Å². The topological polar surface area (TPSA) is 97.0 Å². The van der Waals surface area contributed by atoms with E-state index in [-0.39, 0.29) is 24.8 Å². The lowest BCUT2D eigenvalue weighted by Gasteiger charge is -2.32. The van der Waals surface area contributed by atoms with E-state index in [0.717, 1.165) is 24.2 Å². The van der Waals surface area contributed by atoms with Gasteiger partial charge in [-0.1, -0.05) is 18.2 Å². The van der Waals surface area contributed by atoms with Crippen molar-refractivity contribution < 1.29 is 23.9 Å². The number of aryl methyl sites for hydroxylation is 1. The van der Waals surface area contributed by atoms with Gasteiger partial charge in [-0.25, -0.2) is 4.79 Å². The minimum atomic E-state index is -0.559. The van der Waals surface area contributed by atoms with Gasteiger partial charge in [0.25, 0.3) is 0 Å². The summed E-state index contributed by atoms with van der Waals surface area (Å²) in [5.74, 6) is 1.23. The van der Waals surface area contributed by atoms with Gasteiger partial charge in [0.2, 0.25) is 11.8 Å². The molecule has 1 fully saturated rings. The second-order valence-corrected chi connectivity index (χ2v) is 9.12. The van der Waals surface area contributed by atoms with E-state index in [4.69, 9.17) is 9.47 Å². The summed E-state index contributed by atoms with van der Waals surface area (Å²) in [7, 11) is 1.64. The van der Waals surface area contributed by atoms with Crippen molar-refractivity contribution in [3.63, 3.8) is 0 Å². The van der Waals surface area contributed by atoms with E-state index in [9.17, 15) is 14.4 Å². The van der Waals surface area contributed by atoms with Gasteiger partial charge in [-0.2, -0.15) is 0 Å². The summed E-state index contributed by atoms with van der Waals surface area (Å²) in [4.78, 5) is 38.1. The molecular weight excluding hydrogens is 410 g/mol. The van der Waals surface area contributed by atoms with E-state index in [2.05, 4.69) is 10.6 Å². The third-order valence-electron chi connectivity index (χ3n) is 5.38. The number of hydrogen-bond donors (Lipinski definition) is 2. The molecule has 0 aromatic heterocycles. The molecule has 8 heteroatoms. The molecule has 2 rings (SSSR count). The highest BCUT2D eigenvalue weighted by Crippen LogP contribution is 2.21. The fraction of sp³-hybridized carbons (Fsp3) is 0.625. The van der Waals surface area contributed by atoms with Crippen LogP contribution >= 0.6 is 0 Å². The Morgan fingerprint density at radius 1 is 1.06 bits per heavy atom. The van der Waals surface area contributed by atoms with Crippen LogP contribution in [0, 0.1) is 5.92 Å². The van der Waals surface area contributed by atoms with Crippen molar-refractivity contribution in [1.29, 1.82) is 0 Å². The Kier molecular flexibility index (Phi) is 9.81. The van der Waals surface area contributed by atoms with Crippen molar-refractivity contribution in [2.75, 3.05) is 33.3 Å². The number of alkyl carbamates (subject to hydrolysis) is 1. The van der Waals surface area contributed by atoms with E-state index >= 15 is 0 Å². The summed E-state index contributed by atoms with van der Waals surface area (Å²) in [5.41, 5.74) is 0.485. The quantitative estimate of drug-likeness (QED) is 0.607. The first-order chi connectivity index (χ1) is 15.2. The van der Waals surface area contributed by atoms with Crippen molar-refractivity contribution in [2.24, 2.45) is 5.92 Å². The van der Waals surface area contributed by atoms with Crippen molar-refractivity contribution in [3.8, 4) is 5.75 Å². The van der Waals surface area contributed by atoms with Crippen molar-refractivity contribution in [2.45, 2.75) is 58.5 Å². The number of rotatable bonds is 9. The van der Waals surface area contributed by atoms with Crippen LogP contribution in [0.5, 0.6) is 5.75 Å². The minimum Gasteiger partial charge on any atom is -0.496 e. The first-order valence-electron chi connectivity index (χ1n) is 11.3. The third kappa shape index (κ3) is 9.16. The first kappa shape index (κ1) is 25.5. The molecule has 8 nitrogen and oxygen atoms in total. The smallest absolute Gasteiger partial charge is 0.407 e. The van der Waals surface area contributed by atoms with Crippen LogP contribution in [0.2, 0.25) is 0 Å². The van der Waals surface area contributed by atoms with Crippen molar-refractivity contribution in [3.05, 3.63) is 29.8 Å². The average Bonchev–Trinajstić information content (AvgIpc) is 2.75. The molecular formula is C24H37N3O5. The fourth-order valence-corrected chi connectivity index (χ4v) is 3.63. The predicted octanol–water partition coefficient (Wildman–Crippen LogP) is 2.90. The predicted molar refractivity (Wildman–Crippen MR) is 122 cm³/mol. The Hall–Kier alpha value is -2.77. The zero-order valence-electron chi connectivity index (χ0n) is 19.7. The number of carbonyl (C=O) groups excluding carboxylic acids is 3. The summed E-state index contributed by atoms with van der Waals surface area (Å²) >= 11 is 0. The summed E-state index contributed by atoms with van der Waals surface area (Å²) in [6.45, 7) is 7.63. The van der Waals surface area contributed by atoms with Gasteiger partial charge >= 0.3 is 6.09 Å². The molecule has 32 heavy (non-hydrogen) atoms. The van der Waals surface area contributed by atoms with Crippen molar-refractivity contribution in [1.82, 2.24) is 15.5 Å². The normalized spacial score (nSPS) is 14.6. The Labute approximate surface area is 191 Å². The number of likely N-dealkylation sites (tertiary alicyclic amines) is 1. The summed E-state index contributed by atoms with van der Waals surface area (Å²) in [5, 5.41) is 5.51. The highest BCUT2D eigenvalue weighted by molar-refractivity contribution is 5.77. The molecule has 3 amide bonds. The Morgan fingerprint density at radius 3 is 2.41 bits per heavy atom. The number of carbonyl (C=O) groups is 3. The fourth-order valence-electron chi connectivity index (χ4n) is 3.63. The monoisotopic (exact) mass is 447 g/mol. The summed E-state index contributed by atoms with van der Waals surface area (Å²) in [6, 6.07) is 7.78. The van der Waals surface area contributed by atoms with Crippen LogP contribution in [0.3, 0.4) is 0 Å². The molecule has 0 aliphatic carbocycles. The van der Waals surface area contributed by atoms with Crippen LogP contribution in [-0.4, -0.2) is 61.7 Å². The molecule has 0 saturated carbocycles. The van der Waals surface area contributed by atoms with E-state index in [0.29, 0.717) is 38.4 Å². The van der Waals surface area contributed by atoms with E-state index in [1.165, 1.54) is 0 Å². The maximum absolute atomic E-state index is 12.6. The molecule has 0 unspecified atom stereocenters. The highest BCUT2D eigenvalue weighted by atomic mass is 16.6. The zero-order chi connectivity index (χ0) is 23.6. The maximum atomic E-state index is 12.6. The van der Waals surface area contributed by atoms with Gasteiger partial charge in [-0.15, -0.1) is 0 Å². The van der Waals surface area contributed by atoms with Gasteiger partial charge in [-0.05, 0) is 57.6 Å². The molecule has 1 aromatic rings. The molecule has 0 spiro atoms. The highest BCUT2D eigenvalue weighted by Gasteiger charge is 2.23. The van der Waals surface area contributed by atoms with E-state index < -0.39 is 11.7 Å². The molecule has 1 saturated heterocycles. The largest absolute Gasteiger partial charge is 0.496 e. The average molecular weight is 448 g/mol. The Bertz CT molecular complexity index is 767. The third-order valence-corrected chi connectivity index (χ3v) is 5.38. The van der Waals surface area contributed by atoms with E-state index in [1.54, 1.807) is 27.9 Å². The van der Waals surface area contributed by atoms with Crippen LogP contribution in [0.15, 0.2) is 24.3 Å². The molecule has 1 aliphatic rings. The molecule has 0 bridgehead atoms. The second kappa shape index (κ2) is 12.3. The Morgan fingerprint density at radius 2 is 1.75 bits per heavy atom. The summed E-state index contributed by atoms with van der Waals surface area (Å²) in [6.07, 6.45) is 2.56. The number of nitrogens with zero attached hydrogens (tertiary/aromatic N) is 1. The number of methoxy groups -OCH3 is 1. The summed E-state index contributed by atoms with van der Waals surface area (Å²) < 4.78 is 10.5. The Balaban J connectivity index is 1.60. The van der Waals surface area contributed by atoms with Crippen LogP contribution in [0.4, 0.5) is 4.79 Å². The van der Waals surface area contributed by atoms with Crippen LogP contribution < -0.4 is 15.4 Å². The van der Waals surface area contributed by atoms with Gasteiger partial charge < -0.3 is 25.0 Å². The molecule has 2 N–H and O–H groups in total. The zero-order valence-corrected chi connectivity index (χ0v) is 19.7. The lowest BCUT2D eigenvalue weighted by Crippen LogP contribution is -2.42. The van der Waals surface area contributed by atoms with Crippen LogP contribution in [0.1, 0.15) is 52.0 Å². The number of para-hydroxylation sites is 1. The lowest BCUT2D eigenvalue weighted by atomic mass is 9.96. The standard InChI is InChI=1S/C24H37N3O5/c1-24(2,3)32-23(30)25-14-11-21(28)26-17-18-12-15-27(16-13-18)22(29)10-9-19-7-5-6-8-20(19)31-4/h5-8,18H,9-17H2,1-4H3,(H,25,30)(H,26,28). The maximum Gasteiger partial charge on any atom is 0.407 e. The number of benzene rings is 1. The number of hydrogen-bond acceptors (Lipinski definition) is 5. The number of ether oxygens (including phenoxy) is 2. The molecule has 1 aliphatic heterocycles. The minimum absolute atomic E-state index is 0.101. The van der Waals surface area contributed by atoms with Gasteiger partial charge in [0.05, 0.1) is 7.11 Å². The van der Waals surface area contributed by atoms with Gasteiger partial charge in [0, 0.05) is 39.0 Å². The number of amides is 3. The molecule has 0 atom stereocenters. The lowest BCUT2D eigenvalue weighted by molar-refractivity contribution is -0.132. The molecule has 0 radical (unpaired) electrons. The molecule has 1 aromatic carbocycles.